The second kappa shape index (κ2) is 12.7. The fraction of sp³-hybridized carbons (Fsp3) is 0.455. The molecule has 0 aliphatic rings. The molecule has 1 rings (SSSR count). The standard InChI is InChI=1S/C22H34N4O/c1-7-11-13-26(12-8-2)20-15-21(24-22(16-20)27-10-4)25-23-17-19(9-3)14-18(5)6/h9,14-17H,3,5,7-8,10-13H2,1-2,4,6H3,(H,24,25)/b19-14+,23-17+. The molecule has 1 N–H and O–H groups in total. The molecule has 0 saturated heterocycles. The number of rotatable bonds is 13. The molecule has 1 aromatic rings. The lowest BCUT2D eigenvalue weighted by atomic mass is 10.2. The normalized spacial score (nSPS) is 11.5. The summed E-state index contributed by atoms with van der Waals surface area (Å²) in [6, 6.07) is 4.01. The first-order valence-corrected chi connectivity index (χ1v) is 9.72. The van der Waals surface area contributed by atoms with Crippen molar-refractivity contribution in [3.63, 3.8) is 0 Å². The summed E-state index contributed by atoms with van der Waals surface area (Å²) in [7, 11) is 0. The molecule has 0 atom stereocenters. The van der Waals surface area contributed by atoms with Gasteiger partial charge in [-0.05, 0) is 32.3 Å². The average molecular weight is 371 g/mol. The Morgan fingerprint density at radius 2 is 2.04 bits per heavy atom. The molecule has 0 unspecified atom stereocenters. The zero-order chi connectivity index (χ0) is 20.1. The van der Waals surface area contributed by atoms with E-state index in [-0.39, 0.29) is 0 Å². The highest BCUT2D eigenvalue weighted by molar-refractivity contribution is 5.83. The SMILES string of the molecule is C=CC(/C=N/Nc1cc(N(CCC)CCCC)cc(OCC)n1)=C\C(=C)C. The van der Waals surface area contributed by atoms with Crippen molar-refractivity contribution in [2.75, 3.05) is 30.0 Å². The molecular weight excluding hydrogens is 336 g/mol. The van der Waals surface area contributed by atoms with Crippen molar-refractivity contribution in [2.45, 2.75) is 47.0 Å². The minimum atomic E-state index is 0.573. The first-order valence-electron chi connectivity index (χ1n) is 9.72. The molecule has 5 nitrogen and oxygen atoms in total. The Bertz CT molecular complexity index is 664. The number of pyridine rings is 1. The van der Waals surface area contributed by atoms with Crippen LogP contribution in [-0.4, -0.2) is 30.9 Å². The van der Waals surface area contributed by atoms with Gasteiger partial charge in [-0.25, -0.2) is 0 Å². The highest BCUT2D eigenvalue weighted by Crippen LogP contribution is 2.24. The number of anilines is 2. The first kappa shape index (κ1) is 22.5. The second-order valence-electron chi connectivity index (χ2n) is 6.39. The van der Waals surface area contributed by atoms with Gasteiger partial charge in [0.15, 0.2) is 5.82 Å². The van der Waals surface area contributed by atoms with Crippen LogP contribution in [0.1, 0.15) is 47.0 Å². The lowest BCUT2D eigenvalue weighted by Gasteiger charge is -2.25. The molecule has 0 aromatic carbocycles. The maximum absolute atomic E-state index is 5.65. The number of allylic oxidation sites excluding steroid dienone is 4. The van der Waals surface area contributed by atoms with Crippen molar-refractivity contribution in [3.8, 4) is 5.88 Å². The third-order valence-corrected chi connectivity index (χ3v) is 3.76. The molecule has 0 aliphatic heterocycles. The Kier molecular flexibility index (Phi) is 10.6. The zero-order valence-corrected chi connectivity index (χ0v) is 17.3. The number of nitrogens with one attached hydrogen (secondary N) is 1. The Morgan fingerprint density at radius 1 is 1.26 bits per heavy atom. The van der Waals surface area contributed by atoms with Crippen molar-refractivity contribution in [1.82, 2.24) is 4.98 Å². The molecule has 0 aliphatic carbocycles. The predicted octanol–water partition coefficient (Wildman–Crippen LogP) is 5.58. The molecule has 0 fully saturated rings. The average Bonchev–Trinajstić information content (AvgIpc) is 2.64. The van der Waals surface area contributed by atoms with Crippen LogP contribution < -0.4 is 15.1 Å². The first-order chi connectivity index (χ1) is 13.0. The number of unbranched alkanes of at least 4 members (excludes halogenated alkanes) is 1. The van der Waals surface area contributed by atoms with Gasteiger partial charge < -0.3 is 9.64 Å². The topological polar surface area (TPSA) is 49.8 Å². The lowest BCUT2D eigenvalue weighted by molar-refractivity contribution is 0.327. The van der Waals surface area contributed by atoms with E-state index in [1.807, 2.05) is 32.1 Å². The molecule has 148 valence electrons. The highest BCUT2D eigenvalue weighted by atomic mass is 16.5. The number of ether oxygens (including phenoxy) is 1. The van der Waals surface area contributed by atoms with Gasteiger partial charge in [0.2, 0.25) is 5.88 Å². The van der Waals surface area contributed by atoms with Gasteiger partial charge in [0.05, 0.1) is 12.8 Å². The van der Waals surface area contributed by atoms with Gasteiger partial charge in [0.1, 0.15) is 0 Å². The van der Waals surface area contributed by atoms with Crippen molar-refractivity contribution in [1.29, 1.82) is 0 Å². The smallest absolute Gasteiger partial charge is 0.217 e. The van der Waals surface area contributed by atoms with E-state index in [0.717, 1.165) is 42.8 Å². The van der Waals surface area contributed by atoms with Crippen LogP contribution in [-0.2, 0) is 0 Å². The minimum Gasteiger partial charge on any atom is -0.478 e. The van der Waals surface area contributed by atoms with E-state index in [9.17, 15) is 0 Å². The van der Waals surface area contributed by atoms with Crippen LogP contribution in [0.15, 0.2) is 53.7 Å². The van der Waals surface area contributed by atoms with Crippen LogP contribution in [0.3, 0.4) is 0 Å². The Morgan fingerprint density at radius 3 is 2.63 bits per heavy atom. The highest BCUT2D eigenvalue weighted by Gasteiger charge is 2.10. The fourth-order valence-corrected chi connectivity index (χ4v) is 2.55. The summed E-state index contributed by atoms with van der Waals surface area (Å²) in [5.74, 6) is 1.26. The number of hydrazone groups is 1. The Labute approximate surface area is 164 Å². The summed E-state index contributed by atoms with van der Waals surface area (Å²) in [6.45, 7) is 18.6. The molecule has 5 heteroatoms. The largest absolute Gasteiger partial charge is 0.478 e. The van der Waals surface area contributed by atoms with Crippen LogP contribution in [0.4, 0.5) is 11.5 Å². The zero-order valence-electron chi connectivity index (χ0n) is 17.3. The number of hydrogen-bond donors (Lipinski definition) is 1. The van der Waals surface area contributed by atoms with E-state index >= 15 is 0 Å². The minimum absolute atomic E-state index is 0.573. The van der Waals surface area contributed by atoms with Gasteiger partial charge in [-0.1, -0.05) is 51.2 Å². The van der Waals surface area contributed by atoms with Crippen LogP contribution in [0, 0.1) is 0 Å². The predicted molar refractivity (Wildman–Crippen MR) is 118 cm³/mol. The van der Waals surface area contributed by atoms with E-state index in [1.165, 1.54) is 6.42 Å². The van der Waals surface area contributed by atoms with E-state index in [4.69, 9.17) is 4.74 Å². The summed E-state index contributed by atoms with van der Waals surface area (Å²) in [6.07, 6.45) is 8.77. The number of aromatic nitrogens is 1. The summed E-state index contributed by atoms with van der Waals surface area (Å²) < 4.78 is 5.65. The molecule has 0 radical (unpaired) electrons. The number of nitrogens with zero attached hydrogens (tertiary/aromatic N) is 3. The molecule has 0 spiro atoms. The molecule has 1 heterocycles. The van der Waals surface area contributed by atoms with E-state index in [2.05, 4.69) is 47.4 Å². The maximum atomic E-state index is 5.65. The van der Waals surface area contributed by atoms with Gasteiger partial charge in [-0.2, -0.15) is 10.1 Å². The van der Waals surface area contributed by atoms with Gasteiger partial charge in [-0.3, -0.25) is 5.43 Å². The van der Waals surface area contributed by atoms with E-state index < -0.39 is 0 Å². The third kappa shape index (κ3) is 8.58. The van der Waals surface area contributed by atoms with Gasteiger partial charge in [-0.15, -0.1) is 0 Å². The van der Waals surface area contributed by atoms with E-state index in [1.54, 1.807) is 12.3 Å². The molecule has 27 heavy (non-hydrogen) atoms. The molecular formula is C22H34N4O. The molecule has 1 aromatic heterocycles. The van der Waals surface area contributed by atoms with Crippen molar-refractivity contribution in [3.05, 3.63) is 48.6 Å². The van der Waals surface area contributed by atoms with Gasteiger partial charge in [0.25, 0.3) is 0 Å². The van der Waals surface area contributed by atoms with Crippen molar-refractivity contribution in [2.24, 2.45) is 5.10 Å². The van der Waals surface area contributed by atoms with Crippen LogP contribution in [0.2, 0.25) is 0 Å². The number of hydrogen-bond acceptors (Lipinski definition) is 5. The van der Waals surface area contributed by atoms with Gasteiger partial charge in [0, 0.05) is 30.9 Å². The maximum Gasteiger partial charge on any atom is 0.217 e. The summed E-state index contributed by atoms with van der Waals surface area (Å²) in [5.41, 5.74) is 5.94. The summed E-state index contributed by atoms with van der Waals surface area (Å²) in [4.78, 5) is 6.87. The second-order valence-corrected chi connectivity index (χ2v) is 6.39. The molecule has 0 saturated carbocycles. The van der Waals surface area contributed by atoms with Crippen molar-refractivity contribution < 1.29 is 4.74 Å². The van der Waals surface area contributed by atoms with Crippen LogP contribution in [0.5, 0.6) is 5.88 Å². The van der Waals surface area contributed by atoms with Crippen molar-refractivity contribution >= 4 is 17.7 Å². The quantitative estimate of drug-likeness (QED) is 0.280. The lowest BCUT2D eigenvalue weighted by Crippen LogP contribution is -2.25. The Balaban J connectivity index is 3.06. The summed E-state index contributed by atoms with van der Waals surface area (Å²) in [5, 5.41) is 4.28. The molecule has 0 amide bonds. The van der Waals surface area contributed by atoms with Gasteiger partial charge >= 0.3 is 0 Å². The molecule has 0 bridgehead atoms. The van der Waals surface area contributed by atoms with Crippen LogP contribution >= 0.6 is 0 Å². The van der Waals surface area contributed by atoms with Crippen LogP contribution in [0.25, 0.3) is 0 Å². The van der Waals surface area contributed by atoms with E-state index in [0.29, 0.717) is 18.3 Å². The fourth-order valence-electron chi connectivity index (χ4n) is 2.55. The third-order valence-electron chi connectivity index (χ3n) is 3.76. The summed E-state index contributed by atoms with van der Waals surface area (Å²) >= 11 is 0. The monoisotopic (exact) mass is 370 g/mol. The Hall–Kier alpha value is -2.56.